The van der Waals surface area contributed by atoms with Crippen LogP contribution in [0.5, 0.6) is 11.5 Å². The van der Waals surface area contributed by atoms with Gasteiger partial charge in [-0.2, -0.15) is 0 Å². The number of rotatable bonds is 3. The topological polar surface area (TPSA) is 64.6 Å². The van der Waals surface area contributed by atoms with Gasteiger partial charge in [0.15, 0.2) is 16.6 Å². The quantitative estimate of drug-likeness (QED) is 0.729. The first kappa shape index (κ1) is 14.2. The van der Waals surface area contributed by atoms with Crippen molar-refractivity contribution in [2.45, 2.75) is 0 Å². The Morgan fingerprint density at radius 1 is 1.26 bits per heavy atom. The third-order valence-corrected chi connectivity index (χ3v) is 5.23. The highest BCUT2D eigenvalue weighted by molar-refractivity contribution is 7.17. The summed E-state index contributed by atoms with van der Waals surface area (Å²) in [6, 6.07) is 5.63. The number of benzene rings is 1. The van der Waals surface area contributed by atoms with E-state index in [2.05, 4.69) is 9.97 Å². The minimum absolute atomic E-state index is 0.121. The molecule has 1 aliphatic rings. The van der Waals surface area contributed by atoms with Crippen LogP contribution in [0.15, 0.2) is 36.0 Å². The highest BCUT2D eigenvalue weighted by Crippen LogP contribution is 2.37. The van der Waals surface area contributed by atoms with Gasteiger partial charge in [0.25, 0.3) is 5.91 Å². The highest BCUT2D eigenvalue weighted by Gasteiger charge is 2.20. The lowest BCUT2D eigenvalue weighted by atomic mass is 10.2. The van der Waals surface area contributed by atoms with Crippen molar-refractivity contribution >= 4 is 33.7 Å². The molecule has 0 radical (unpaired) electrons. The lowest BCUT2D eigenvalue weighted by Crippen LogP contribution is -2.25. The second kappa shape index (κ2) is 5.64. The fraction of sp³-hybridized carbons (Fsp3) is 0.133. The number of anilines is 1. The molecule has 3 aromatic rings. The molecule has 0 unspecified atom stereocenters. The van der Waals surface area contributed by atoms with Crippen LogP contribution in [0.2, 0.25) is 0 Å². The molecule has 23 heavy (non-hydrogen) atoms. The SMILES string of the molecule is CN(C(=O)c1cnc(-c2ccc3c(c2)OCO3)s1)c1nccs1. The Labute approximate surface area is 140 Å². The van der Waals surface area contributed by atoms with E-state index in [4.69, 9.17) is 9.47 Å². The molecule has 2 aromatic heterocycles. The normalized spacial score (nSPS) is 12.4. The van der Waals surface area contributed by atoms with E-state index in [0.29, 0.717) is 15.8 Å². The molecule has 0 N–H and O–H groups in total. The molecule has 1 amide bonds. The summed E-state index contributed by atoms with van der Waals surface area (Å²) in [6.07, 6.45) is 3.27. The third-order valence-electron chi connectivity index (χ3n) is 3.35. The lowest BCUT2D eigenvalue weighted by molar-refractivity contribution is 0.0996. The molecule has 0 saturated carbocycles. The van der Waals surface area contributed by atoms with Gasteiger partial charge in [0.2, 0.25) is 6.79 Å². The molecule has 3 heterocycles. The minimum Gasteiger partial charge on any atom is -0.454 e. The molecule has 0 spiro atoms. The molecule has 116 valence electrons. The number of carbonyl (C=O) groups is 1. The molecular weight excluding hydrogens is 334 g/mol. The molecule has 1 aromatic carbocycles. The summed E-state index contributed by atoms with van der Waals surface area (Å²) in [5.74, 6) is 1.31. The molecule has 0 atom stereocenters. The fourth-order valence-corrected chi connectivity index (χ4v) is 3.66. The number of aromatic nitrogens is 2. The van der Waals surface area contributed by atoms with E-state index < -0.39 is 0 Å². The number of ether oxygens (including phenoxy) is 2. The Bertz CT molecular complexity index is 861. The number of hydrogen-bond donors (Lipinski definition) is 0. The van der Waals surface area contributed by atoms with Crippen molar-refractivity contribution in [1.29, 1.82) is 0 Å². The van der Waals surface area contributed by atoms with Crippen LogP contribution in [-0.2, 0) is 0 Å². The van der Waals surface area contributed by atoms with Crippen LogP contribution in [0.3, 0.4) is 0 Å². The summed E-state index contributed by atoms with van der Waals surface area (Å²) < 4.78 is 10.7. The molecular formula is C15H11N3O3S2. The van der Waals surface area contributed by atoms with Crippen molar-refractivity contribution < 1.29 is 14.3 Å². The summed E-state index contributed by atoms with van der Waals surface area (Å²) in [6.45, 7) is 0.235. The van der Waals surface area contributed by atoms with Crippen LogP contribution in [0.25, 0.3) is 10.6 Å². The second-order valence-electron chi connectivity index (χ2n) is 4.78. The number of carbonyl (C=O) groups excluding carboxylic acids is 1. The first-order valence-corrected chi connectivity index (χ1v) is 8.45. The first-order chi connectivity index (χ1) is 11.2. The maximum atomic E-state index is 12.5. The van der Waals surface area contributed by atoms with Crippen LogP contribution in [0.1, 0.15) is 9.67 Å². The number of nitrogens with zero attached hydrogens (tertiary/aromatic N) is 3. The number of hydrogen-bond acceptors (Lipinski definition) is 7. The van der Waals surface area contributed by atoms with Crippen LogP contribution in [-0.4, -0.2) is 29.7 Å². The van der Waals surface area contributed by atoms with Crippen LogP contribution >= 0.6 is 22.7 Å². The average Bonchev–Trinajstić information content (AvgIpc) is 3.33. The maximum Gasteiger partial charge on any atom is 0.271 e. The predicted molar refractivity (Wildman–Crippen MR) is 88.5 cm³/mol. The van der Waals surface area contributed by atoms with Gasteiger partial charge in [-0.3, -0.25) is 9.69 Å². The van der Waals surface area contributed by atoms with E-state index in [0.717, 1.165) is 16.3 Å². The van der Waals surface area contributed by atoms with Crippen molar-refractivity contribution in [3.05, 3.63) is 40.8 Å². The van der Waals surface area contributed by atoms with Crippen molar-refractivity contribution in [3.8, 4) is 22.1 Å². The summed E-state index contributed by atoms with van der Waals surface area (Å²) in [5.41, 5.74) is 0.898. The van der Waals surface area contributed by atoms with E-state index in [1.165, 1.54) is 27.6 Å². The van der Waals surface area contributed by atoms with E-state index in [1.54, 1.807) is 19.4 Å². The number of fused-ring (bicyclic) bond motifs is 1. The van der Waals surface area contributed by atoms with Gasteiger partial charge in [0.05, 0.1) is 6.20 Å². The van der Waals surface area contributed by atoms with Gasteiger partial charge in [-0.25, -0.2) is 9.97 Å². The predicted octanol–water partition coefficient (Wildman–Crippen LogP) is 3.27. The molecule has 6 nitrogen and oxygen atoms in total. The van der Waals surface area contributed by atoms with Gasteiger partial charge in [-0.1, -0.05) is 0 Å². The summed E-state index contributed by atoms with van der Waals surface area (Å²) in [5, 5.41) is 3.26. The van der Waals surface area contributed by atoms with Gasteiger partial charge in [0, 0.05) is 24.2 Å². The zero-order valence-corrected chi connectivity index (χ0v) is 13.7. The van der Waals surface area contributed by atoms with E-state index in [-0.39, 0.29) is 12.7 Å². The highest BCUT2D eigenvalue weighted by atomic mass is 32.1. The van der Waals surface area contributed by atoms with Gasteiger partial charge in [-0.05, 0) is 18.2 Å². The second-order valence-corrected chi connectivity index (χ2v) is 6.68. The summed E-state index contributed by atoms with van der Waals surface area (Å²) in [7, 11) is 1.71. The Morgan fingerprint density at radius 2 is 2.13 bits per heavy atom. The smallest absolute Gasteiger partial charge is 0.271 e. The molecule has 8 heteroatoms. The minimum atomic E-state index is -0.121. The summed E-state index contributed by atoms with van der Waals surface area (Å²) >= 11 is 2.76. The molecule has 4 rings (SSSR count). The fourth-order valence-electron chi connectivity index (χ4n) is 2.17. The van der Waals surface area contributed by atoms with Crippen molar-refractivity contribution in [1.82, 2.24) is 9.97 Å². The monoisotopic (exact) mass is 345 g/mol. The van der Waals surface area contributed by atoms with Crippen molar-refractivity contribution in [2.24, 2.45) is 0 Å². The largest absolute Gasteiger partial charge is 0.454 e. The van der Waals surface area contributed by atoms with Gasteiger partial charge >= 0.3 is 0 Å². The lowest BCUT2D eigenvalue weighted by Gasteiger charge is -2.11. The van der Waals surface area contributed by atoms with Crippen molar-refractivity contribution in [3.63, 3.8) is 0 Å². The van der Waals surface area contributed by atoms with Gasteiger partial charge in [-0.15, -0.1) is 22.7 Å². The Hall–Kier alpha value is -2.45. The van der Waals surface area contributed by atoms with Crippen LogP contribution in [0.4, 0.5) is 5.13 Å². The molecule has 1 aliphatic heterocycles. The number of amides is 1. The average molecular weight is 345 g/mol. The Morgan fingerprint density at radius 3 is 2.96 bits per heavy atom. The van der Waals surface area contributed by atoms with E-state index in [9.17, 15) is 4.79 Å². The zero-order valence-electron chi connectivity index (χ0n) is 12.1. The van der Waals surface area contributed by atoms with E-state index in [1.807, 2.05) is 23.6 Å². The van der Waals surface area contributed by atoms with Gasteiger partial charge in [0.1, 0.15) is 9.88 Å². The molecule has 0 saturated heterocycles. The van der Waals surface area contributed by atoms with Crippen LogP contribution < -0.4 is 14.4 Å². The standard InChI is InChI=1S/C15H11N3O3S2/c1-18(15-16-4-5-22-15)14(19)12-7-17-13(23-12)9-2-3-10-11(6-9)21-8-20-10/h2-7H,8H2,1H3. The Kier molecular flexibility index (Phi) is 3.47. The number of thiazole rings is 2. The van der Waals surface area contributed by atoms with E-state index >= 15 is 0 Å². The van der Waals surface area contributed by atoms with Crippen LogP contribution in [0, 0.1) is 0 Å². The third kappa shape index (κ3) is 2.55. The Balaban J connectivity index is 1.60. The first-order valence-electron chi connectivity index (χ1n) is 6.76. The van der Waals surface area contributed by atoms with Gasteiger partial charge < -0.3 is 9.47 Å². The maximum absolute atomic E-state index is 12.5. The summed E-state index contributed by atoms with van der Waals surface area (Å²) in [4.78, 5) is 23.1. The van der Waals surface area contributed by atoms with Crippen molar-refractivity contribution in [2.75, 3.05) is 18.7 Å². The molecule has 0 bridgehead atoms. The molecule has 0 aliphatic carbocycles. The zero-order chi connectivity index (χ0) is 15.8. The molecule has 0 fully saturated rings.